The van der Waals surface area contributed by atoms with Crippen molar-refractivity contribution in [1.29, 1.82) is 0 Å². The van der Waals surface area contributed by atoms with Crippen molar-refractivity contribution in [2.24, 2.45) is 0 Å². The van der Waals surface area contributed by atoms with Gasteiger partial charge >= 0.3 is 0 Å². The number of hydrogen-bond acceptors (Lipinski definition) is 5. The summed E-state index contributed by atoms with van der Waals surface area (Å²) in [5, 5.41) is 3.18. The lowest BCUT2D eigenvalue weighted by Gasteiger charge is -2.20. The lowest BCUT2D eigenvalue weighted by Crippen LogP contribution is -2.32. The third kappa shape index (κ3) is 4.90. The fraction of sp³-hybridized carbons (Fsp3) is 0.261. The molecule has 0 atom stereocenters. The maximum atomic E-state index is 12.7. The van der Waals surface area contributed by atoms with Crippen LogP contribution < -0.4 is 10.1 Å². The van der Waals surface area contributed by atoms with Gasteiger partial charge in [0, 0.05) is 25.5 Å². The molecule has 1 saturated heterocycles. The summed E-state index contributed by atoms with van der Waals surface area (Å²) in [6.45, 7) is 1.62. The number of nitrogens with zero attached hydrogens (tertiary/aromatic N) is 3. The van der Waals surface area contributed by atoms with Crippen LogP contribution in [0.3, 0.4) is 0 Å². The Morgan fingerprint density at radius 1 is 0.862 bits per heavy atom. The maximum Gasteiger partial charge on any atom is 0.256 e. The number of likely N-dealkylation sites (tertiary alicyclic amines) is 1. The van der Waals surface area contributed by atoms with Crippen molar-refractivity contribution in [2.75, 3.05) is 18.4 Å². The highest BCUT2D eigenvalue weighted by atomic mass is 16.5. The second-order valence-electron chi connectivity index (χ2n) is 7.04. The van der Waals surface area contributed by atoms with E-state index in [1.165, 1.54) is 12.8 Å². The average molecular weight is 388 g/mol. The Hall–Kier alpha value is -3.41. The zero-order valence-electron chi connectivity index (χ0n) is 16.3. The van der Waals surface area contributed by atoms with E-state index in [1.54, 1.807) is 12.4 Å². The molecule has 1 N–H and O–H groups in total. The summed E-state index contributed by atoms with van der Waals surface area (Å²) in [6.07, 6.45) is 7.67. The van der Waals surface area contributed by atoms with Crippen molar-refractivity contribution in [2.45, 2.75) is 25.7 Å². The Bertz CT molecular complexity index is 937. The Labute approximate surface area is 170 Å². The molecular formula is C23H24N4O2. The number of benzene rings is 2. The number of aromatic nitrogens is 2. The summed E-state index contributed by atoms with van der Waals surface area (Å²) in [4.78, 5) is 23.3. The van der Waals surface area contributed by atoms with Gasteiger partial charge in [-0.05, 0) is 37.1 Å². The van der Waals surface area contributed by atoms with Gasteiger partial charge in [0.15, 0.2) is 5.75 Å². The standard InChI is InChI=1S/C23H24N4O2/c28-22(27-14-8-1-2-9-15-27)18-16-24-23(25-17-18)26-20-12-6-7-13-21(20)29-19-10-4-3-5-11-19/h3-7,10-13,16-17H,1-2,8-9,14-15H2,(H,24,25,26). The second-order valence-corrected chi connectivity index (χ2v) is 7.04. The highest BCUT2D eigenvalue weighted by Gasteiger charge is 2.18. The fourth-order valence-electron chi connectivity index (χ4n) is 3.35. The Morgan fingerprint density at radius 3 is 2.24 bits per heavy atom. The van der Waals surface area contributed by atoms with E-state index in [4.69, 9.17) is 4.74 Å². The first-order valence-corrected chi connectivity index (χ1v) is 10.00. The highest BCUT2D eigenvalue weighted by Crippen LogP contribution is 2.30. The molecule has 1 amide bonds. The molecule has 0 radical (unpaired) electrons. The molecule has 0 spiro atoms. The first-order valence-electron chi connectivity index (χ1n) is 10.00. The van der Waals surface area contributed by atoms with Crippen LogP contribution in [-0.2, 0) is 0 Å². The molecule has 1 aliphatic heterocycles. The summed E-state index contributed by atoms with van der Waals surface area (Å²) in [6, 6.07) is 17.2. The van der Waals surface area contributed by atoms with Crippen LogP contribution in [0.4, 0.5) is 11.6 Å². The van der Waals surface area contributed by atoms with Crippen LogP contribution in [0.1, 0.15) is 36.0 Å². The van der Waals surface area contributed by atoms with Crippen LogP contribution in [0.5, 0.6) is 11.5 Å². The van der Waals surface area contributed by atoms with E-state index in [9.17, 15) is 4.79 Å². The number of amides is 1. The molecule has 148 valence electrons. The van der Waals surface area contributed by atoms with Crippen molar-refractivity contribution >= 4 is 17.5 Å². The quantitative estimate of drug-likeness (QED) is 0.664. The minimum absolute atomic E-state index is 0.00580. The van der Waals surface area contributed by atoms with Crippen LogP contribution in [0.2, 0.25) is 0 Å². The molecule has 0 unspecified atom stereocenters. The monoisotopic (exact) mass is 388 g/mol. The molecule has 0 aliphatic carbocycles. The molecule has 2 heterocycles. The third-order valence-corrected chi connectivity index (χ3v) is 4.90. The van der Waals surface area contributed by atoms with E-state index < -0.39 is 0 Å². The molecular weight excluding hydrogens is 364 g/mol. The van der Waals surface area contributed by atoms with Crippen molar-refractivity contribution in [3.8, 4) is 11.5 Å². The van der Waals surface area contributed by atoms with Gasteiger partial charge in [-0.15, -0.1) is 0 Å². The normalized spacial score (nSPS) is 14.1. The van der Waals surface area contributed by atoms with Gasteiger partial charge in [-0.1, -0.05) is 43.2 Å². The lowest BCUT2D eigenvalue weighted by atomic mass is 10.2. The van der Waals surface area contributed by atoms with Crippen molar-refractivity contribution in [1.82, 2.24) is 14.9 Å². The van der Waals surface area contributed by atoms with Crippen molar-refractivity contribution < 1.29 is 9.53 Å². The molecule has 4 rings (SSSR count). The molecule has 1 aliphatic rings. The van der Waals surface area contributed by atoms with E-state index in [1.807, 2.05) is 59.5 Å². The minimum Gasteiger partial charge on any atom is -0.455 e. The zero-order valence-corrected chi connectivity index (χ0v) is 16.3. The van der Waals surface area contributed by atoms with Crippen molar-refractivity contribution in [3.05, 3.63) is 72.6 Å². The van der Waals surface area contributed by atoms with Gasteiger partial charge in [0.2, 0.25) is 5.95 Å². The van der Waals surface area contributed by atoms with Crippen molar-refractivity contribution in [3.63, 3.8) is 0 Å². The van der Waals surface area contributed by atoms with Crippen LogP contribution in [0.25, 0.3) is 0 Å². The van der Waals surface area contributed by atoms with E-state index in [2.05, 4.69) is 15.3 Å². The van der Waals surface area contributed by atoms with E-state index in [0.29, 0.717) is 17.3 Å². The number of carbonyl (C=O) groups is 1. The molecule has 0 bridgehead atoms. The Kier molecular flexibility index (Phi) is 6.00. The van der Waals surface area contributed by atoms with Gasteiger partial charge in [0.25, 0.3) is 5.91 Å². The molecule has 1 aromatic heterocycles. The number of ether oxygens (including phenoxy) is 1. The largest absolute Gasteiger partial charge is 0.455 e. The number of nitrogens with one attached hydrogen (secondary N) is 1. The molecule has 6 heteroatoms. The van der Waals surface area contributed by atoms with Gasteiger partial charge in [0.05, 0.1) is 11.3 Å². The van der Waals surface area contributed by atoms with Gasteiger partial charge in [-0.3, -0.25) is 4.79 Å². The summed E-state index contributed by atoms with van der Waals surface area (Å²) >= 11 is 0. The molecule has 2 aromatic carbocycles. The Morgan fingerprint density at radius 2 is 1.52 bits per heavy atom. The molecule has 6 nitrogen and oxygen atoms in total. The first kappa shape index (κ1) is 18.9. The Balaban J connectivity index is 1.46. The molecule has 0 saturated carbocycles. The number of anilines is 2. The average Bonchev–Trinajstić information content (AvgIpc) is 3.06. The number of para-hydroxylation sites is 3. The van der Waals surface area contributed by atoms with Gasteiger partial charge in [-0.25, -0.2) is 9.97 Å². The first-order chi connectivity index (χ1) is 14.3. The third-order valence-electron chi connectivity index (χ3n) is 4.90. The summed E-state index contributed by atoms with van der Waals surface area (Å²) < 4.78 is 5.96. The smallest absolute Gasteiger partial charge is 0.256 e. The second kappa shape index (κ2) is 9.19. The van der Waals surface area contributed by atoms with Gasteiger partial charge < -0.3 is 15.0 Å². The van der Waals surface area contributed by atoms with Crippen LogP contribution in [0.15, 0.2) is 67.0 Å². The van der Waals surface area contributed by atoms with Gasteiger partial charge in [0.1, 0.15) is 5.75 Å². The topological polar surface area (TPSA) is 67.3 Å². The highest BCUT2D eigenvalue weighted by molar-refractivity contribution is 5.93. The van der Waals surface area contributed by atoms with Gasteiger partial charge in [-0.2, -0.15) is 0 Å². The summed E-state index contributed by atoms with van der Waals surface area (Å²) in [5.41, 5.74) is 1.27. The summed E-state index contributed by atoms with van der Waals surface area (Å²) in [5.74, 6) is 1.85. The van der Waals surface area contributed by atoms with E-state index in [-0.39, 0.29) is 5.91 Å². The molecule has 29 heavy (non-hydrogen) atoms. The van der Waals surface area contributed by atoms with Crippen LogP contribution in [0, 0.1) is 0 Å². The maximum absolute atomic E-state index is 12.7. The zero-order chi connectivity index (χ0) is 19.9. The van der Waals surface area contributed by atoms with Crippen LogP contribution >= 0.6 is 0 Å². The molecule has 1 fully saturated rings. The van der Waals surface area contributed by atoms with E-state index in [0.717, 1.165) is 37.4 Å². The number of hydrogen-bond donors (Lipinski definition) is 1. The predicted octanol–water partition coefficient (Wildman–Crippen LogP) is 5.03. The molecule has 3 aromatic rings. The van der Waals surface area contributed by atoms with E-state index >= 15 is 0 Å². The SMILES string of the molecule is O=C(c1cnc(Nc2ccccc2Oc2ccccc2)nc1)N1CCCCCC1. The predicted molar refractivity (Wildman–Crippen MR) is 113 cm³/mol. The number of rotatable bonds is 5. The van der Waals surface area contributed by atoms with Crippen LogP contribution in [-0.4, -0.2) is 33.9 Å². The lowest BCUT2D eigenvalue weighted by molar-refractivity contribution is 0.0761. The fourth-order valence-corrected chi connectivity index (χ4v) is 3.35. The number of carbonyl (C=O) groups excluding carboxylic acids is 1. The minimum atomic E-state index is 0.00580. The summed E-state index contributed by atoms with van der Waals surface area (Å²) in [7, 11) is 0.